The topological polar surface area (TPSA) is 59.0 Å². The lowest BCUT2D eigenvalue weighted by molar-refractivity contribution is 0.242. The quantitative estimate of drug-likeness (QED) is 0.915. The molecule has 0 amide bonds. The lowest BCUT2D eigenvalue weighted by Gasteiger charge is -2.11. The van der Waals surface area contributed by atoms with Gasteiger partial charge in [0.15, 0.2) is 0 Å². The van der Waals surface area contributed by atoms with Crippen LogP contribution in [-0.2, 0) is 6.42 Å². The van der Waals surface area contributed by atoms with Crippen LogP contribution in [0.3, 0.4) is 0 Å². The second-order valence-corrected chi connectivity index (χ2v) is 5.83. The minimum atomic E-state index is 0.138. The van der Waals surface area contributed by atoms with E-state index < -0.39 is 0 Å². The van der Waals surface area contributed by atoms with E-state index in [4.69, 9.17) is 15.7 Å². The molecule has 1 aromatic carbocycles. The van der Waals surface area contributed by atoms with Gasteiger partial charge in [-0.15, -0.1) is 11.3 Å². The molecule has 2 N–H and O–H groups in total. The first-order valence-corrected chi connectivity index (χ1v) is 7.46. The molecule has 0 saturated heterocycles. The Morgan fingerprint density at radius 1 is 1.40 bits per heavy atom. The number of anilines is 1. The maximum atomic E-state index is 9.13. The molecule has 0 atom stereocenters. The first-order chi connectivity index (χ1) is 9.56. The molecule has 0 unspecified atom stereocenters. The van der Waals surface area contributed by atoms with Crippen molar-refractivity contribution in [2.24, 2.45) is 0 Å². The molecular weight excluding hydrogens is 268 g/mol. The molecule has 1 heterocycles. The monoisotopic (exact) mass is 286 g/mol. The fourth-order valence-electron chi connectivity index (χ4n) is 2.13. The summed E-state index contributed by atoms with van der Waals surface area (Å²) in [5.74, 6) is 0.838. The zero-order chi connectivity index (χ0) is 14.7. The number of thiophene rings is 1. The van der Waals surface area contributed by atoms with Crippen molar-refractivity contribution in [1.82, 2.24) is 0 Å². The van der Waals surface area contributed by atoms with Crippen LogP contribution in [0.2, 0.25) is 0 Å². The van der Waals surface area contributed by atoms with E-state index in [1.807, 2.05) is 38.1 Å². The van der Waals surface area contributed by atoms with Gasteiger partial charge in [0.25, 0.3) is 0 Å². The van der Waals surface area contributed by atoms with E-state index in [1.165, 1.54) is 11.3 Å². The average Bonchev–Trinajstić information content (AvgIpc) is 2.74. The van der Waals surface area contributed by atoms with Crippen LogP contribution in [0, 0.1) is 11.3 Å². The van der Waals surface area contributed by atoms with Crippen molar-refractivity contribution in [3.63, 3.8) is 0 Å². The highest BCUT2D eigenvalue weighted by Crippen LogP contribution is 2.39. The summed E-state index contributed by atoms with van der Waals surface area (Å²) < 4.78 is 5.72. The highest BCUT2D eigenvalue weighted by Gasteiger charge is 2.16. The first-order valence-electron chi connectivity index (χ1n) is 6.65. The third kappa shape index (κ3) is 2.78. The van der Waals surface area contributed by atoms with Gasteiger partial charge in [0.1, 0.15) is 16.7 Å². The molecule has 1 aromatic heterocycles. The maximum Gasteiger partial charge on any atom is 0.128 e. The Morgan fingerprint density at radius 3 is 2.75 bits per heavy atom. The predicted octanol–water partition coefficient (Wildman–Crippen LogP) is 4.22. The number of hydrogen-bond donors (Lipinski definition) is 1. The Hall–Kier alpha value is -1.99. The standard InChI is InChI=1S/C16H18N2OS/c1-4-13-15(18)14(9-17)20-16(13)11-6-5-7-12(8-11)19-10(2)3/h5-8,10H,4,18H2,1-3H3. The van der Waals surface area contributed by atoms with Crippen molar-refractivity contribution in [3.8, 4) is 22.3 Å². The summed E-state index contributed by atoms with van der Waals surface area (Å²) in [5.41, 5.74) is 8.76. The number of hydrogen-bond acceptors (Lipinski definition) is 4. The molecule has 2 rings (SSSR count). The minimum Gasteiger partial charge on any atom is -0.491 e. The fraction of sp³-hybridized carbons (Fsp3) is 0.312. The SMILES string of the molecule is CCc1c(-c2cccc(OC(C)C)c2)sc(C#N)c1N. The highest BCUT2D eigenvalue weighted by molar-refractivity contribution is 7.16. The van der Waals surface area contributed by atoms with E-state index in [-0.39, 0.29) is 6.10 Å². The largest absolute Gasteiger partial charge is 0.491 e. The normalized spacial score (nSPS) is 10.6. The van der Waals surface area contributed by atoms with E-state index in [2.05, 4.69) is 13.0 Å². The Bertz CT molecular complexity index is 653. The van der Waals surface area contributed by atoms with E-state index in [1.54, 1.807) is 0 Å². The lowest BCUT2D eigenvalue weighted by atomic mass is 10.1. The second kappa shape index (κ2) is 5.98. The summed E-state index contributed by atoms with van der Waals surface area (Å²) in [4.78, 5) is 1.66. The molecule has 0 aliphatic rings. The third-order valence-electron chi connectivity index (χ3n) is 2.97. The Labute approximate surface area is 123 Å². The van der Waals surface area contributed by atoms with Gasteiger partial charge in [-0.25, -0.2) is 0 Å². The molecule has 2 aromatic rings. The zero-order valence-corrected chi connectivity index (χ0v) is 12.8. The summed E-state index contributed by atoms with van der Waals surface area (Å²) in [6.45, 7) is 6.06. The predicted molar refractivity (Wildman–Crippen MR) is 84.0 cm³/mol. The molecular formula is C16H18N2OS. The van der Waals surface area contributed by atoms with Crippen molar-refractivity contribution >= 4 is 17.0 Å². The van der Waals surface area contributed by atoms with Gasteiger partial charge >= 0.3 is 0 Å². The Kier molecular flexibility index (Phi) is 4.31. The highest BCUT2D eigenvalue weighted by atomic mass is 32.1. The number of nitrogens with two attached hydrogens (primary N) is 1. The zero-order valence-electron chi connectivity index (χ0n) is 11.9. The van der Waals surface area contributed by atoms with Gasteiger partial charge in [0.2, 0.25) is 0 Å². The first kappa shape index (κ1) is 14.4. The number of benzene rings is 1. The van der Waals surface area contributed by atoms with Crippen molar-refractivity contribution < 1.29 is 4.74 Å². The molecule has 0 radical (unpaired) electrons. The molecule has 0 aliphatic heterocycles. The summed E-state index contributed by atoms with van der Waals surface area (Å²) in [6.07, 6.45) is 0.952. The summed E-state index contributed by atoms with van der Waals surface area (Å²) >= 11 is 1.45. The number of nitriles is 1. The van der Waals surface area contributed by atoms with E-state index in [0.717, 1.165) is 28.2 Å². The van der Waals surface area contributed by atoms with Crippen molar-refractivity contribution in [3.05, 3.63) is 34.7 Å². The van der Waals surface area contributed by atoms with Gasteiger partial charge in [0, 0.05) is 4.88 Å². The molecule has 0 fully saturated rings. The van der Waals surface area contributed by atoms with Gasteiger partial charge in [-0.3, -0.25) is 0 Å². The molecule has 20 heavy (non-hydrogen) atoms. The molecule has 0 saturated carbocycles. The van der Waals surface area contributed by atoms with E-state index >= 15 is 0 Å². The van der Waals surface area contributed by atoms with Gasteiger partial charge in [0.05, 0.1) is 11.8 Å². The van der Waals surface area contributed by atoms with Gasteiger partial charge < -0.3 is 10.5 Å². The van der Waals surface area contributed by atoms with Crippen LogP contribution in [0.1, 0.15) is 31.2 Å². The third-order valence-corrected chi connectivity index (χ3v) is 4.17. The summed E-state index contributed by atoms with van der Waals surface area (Å²) in [7, 11) is 0. The molecule has 104 valence electrons. The van der Waals surface area contributed by atoms with Gasteiger partial charge in [-0.2, -0.15) is 5.26 Å². The second-order valence-electron chi connectivity index (χ2n) is 4.81. The Morgan fingerprint density at radius 2 is 2.15 bits per heavy atom. The van der Waals surface area contributed by atoms with Crippen molar-refractivity contribution in [2.45, 2.75) is 33.3 Å². The molecule has 0 aliphatic carbocycles. The van der Waals surface area contributed by atoms with Crippen LogP contribution in [0.25, 0.3) is 10.4 Å². The van der Waals surface area contributed by atoms with Crippen LogP contribution >= 0.6 is 11.3 Å². The van der Waals surface area contributed by atoms with Crippen LogP contribution < -0.4 is 10.5 Å². The number of rotatable bonds is 4. The number of nitrogens with zero attached hydrogens (tertiary/aromatic N) is 1. The summed E-state index contributed by atoms with van der Waals surface area (Å²) in [5, 5.41) is 9.13. The maximum absolute atomic E-state index is 9.13. The fourth-order valence-corrected chi connectivity index (χ4v) is 3.23. The van der Waals surface area contributed by atoms with Crippen molar-refractivity contribution in [1.29, 1.82) is 5.26 Å². The smallest absolute Gasteiger partial charge is 0.128 e. The molecule has 4 heteroatoms. The van der Waals surface area contributed by atoms with Crippen LogP contribution in [0.5, 0.6) is 5.75 Å². The van der Waals surface area contributed by atoms with Crippen LogP contribution in [0.4, 0.5) is 5.69 Å². The summed E-state index contributed by atoms with van der Waals surface area (Å²) in [6, 6.07) is 10.1. The average molecular weight is 286 g/mol. The molecule has 0 bridgehead atoms. The van der Waals surface area contributed by atoms with E-state index in [0.29, 0.717) is 10.6 Å². The van der Waals surface area contributed by atoms with Gasteiger partial charge in [-0.1, -0.05) is 19.1 Å². The number of ether oxygens (including phenoxy) is 1. The van der Waals surface area contributed by atoms with Crippen LogP contribution in [0.15, 0.2) is 24.3 Å². The number of nitrogen functional groups attached to an aromatic ring is 1. The van der Waals surface area contributed by atoms with E-state index in [9.17, 15) is 0 Å². The van der Waals surface area contributed by atoms with Crippen molar-refractivity contribution in [2.75, 3.05) is 5.73 Å². The molecule has 3 nitrogen and oxygen atoms in total. The minimum absolute atomic E-state index is 0.138. The lowest BCUT2D eigenvalue weighted by Crippen LogP contribution is -2.05. The van der Waals surface area contributed by atoms with Crippen LogP contribution in [-0.4, -0.2) is 6.10 Å². The Balaban J connectivity index is 2.49. The molecule has 0 spiro atoms. The van der Waals surface area contributed by atoms with Gasteiger partial charge in [-0.05, 0) is 43.5 Å².